The molecule has 3 aliphatic heterocycles. The second-order valence-electron chi connectivity index (χ2n) is 8.45. The van der Waals surface area contributed by atoms with E-state index in [9.17, 15) is 9.59 Å². The van der Waals surface area contributed by atoms with Crippen LogP contribution in [0.15, 0.2) is 36.9 Å². The van der Waals surface area contributed by atoms with Crippen molar-refractivity contribution in [3.63, 3.8) is 0 Å². The maximum atomic E-state index is 13.4. The third kappa shape index (κ3) is 3.97. The van der Waals surface area contributed by atoms with E-state index in [1.165, 1.54) is 0 Å². The number of benzene rings is 1. The van der Waals surface area contributed by atoms with Crippen LogP contribution in [-0.2, 0) is 25.3 Å². The minimum atomic E-state index is -2.07. The molecule has 0 spiro atoms. The summed E-state index contributed by atoms with van der Waals surface area (Å²) in [6, 6.07) is 6.02. The number of ether oxygens (including phenoxy) is 2. The lowest BCUT2D eigenvalue weighted by Gasteiger charge is -2.58. The number of carbonyl (C=O) groups excluding carboxylic acids is 2. The first-order valence-electron chi connectivity index (χ1n) is 9.76. The van der Waals surface area contributed by atoms with E-state index in [2.05, 4.69) is 26.2 Å². The van der Waals surface area contributed by atoms with Crippen molar-refractivity contribution >= 4 is 20.1 Å². The normalized spacial score (nSPS) is 26.8. The Morgan fingerprint density at radius 1 is 1.14 bits per heavy atom. The Hall–Kier alpha value is -2.16. The smallest absolute Gasteiger partial charge is 0.251 e. The number of carbonyl (C=O) groups is 2. The Labute approximate surface area is 173 Å². The molecule has 2 bridgehead atoms. The molecule has 1 aromatic carbocycles. The maximum absolute atomic E-state index is 13.4. The number of piperazine rings is 1. The number of hydrogen-bond donors (Lipinski definition) is 0. The first-order chi connectivity index (χ1) is 13.7. The second-order valence-corrected chi connectivity index (χ2v) is 12.9. The molecule has 0 radical (unpaired) electrons. The van der Waals surface area contributed by atoms with Gasteiger partial charge in [0, 0.05) is 26.6 Å². The lowest BCUT2D eigenvalue weighted by Crippen LogP contribution is -2.79. The number of methoxy groups -OCH3 is 2. The average molecular weight is 419 g/mol. The van der Waals surface area contributed by atoms with Gasteiger partial charge in [0.2, 0.25) is 5.91 Å². The predicted octanol–water partition coefficient (Wildman–Crippen LogP) is 2.39. The zero-order valence-corrected chi connectivity index (χ0v) is 18.8. The number of nitrogens with zero attached hydrogens (tertiary/aromatic N) is 2. The van der Waals surface area contributed by atoms with Gasteiger partial charge in [-0.05, 0) is 37.3 Å². The van der Waals surface area contributed by atoms with Crippen molar-refractivity contribution in [2.75, 3.05) is 20.8 Å². The largest absolute Gasteiger partial charge is 0.497 e. The van der Waals surface area contributed by atoms with Crippen molar-refractivity contribution < 1.29 is 23.5 Å². The Morgan fingerprint density at radius 2 is 1.79 bits per heavy atom. The Bertz CT molecular complexity index is 791. The monoisotopic (exact) mass is 418 g/mol. The molecule has 0 unspecified atom stereocenters. The van der Waals surface area contributed by atoms with Gasteiger partial charge in [-0.15, -0.1) is 6.58 Å². The van der Waals surface area contributed by atoms with Crippen LogP contribution in [-0.4, -0.2) is 68.6 Å². The van der Waals surface area contributed by atoms with E-state index in [0.717, 1.165) is 11.3 Å². The molecule has 2 amide bonds. The summed E-state index contributed by atoms with van der Waals surface area (Å²) in [7, 11) is 1.09. The molecular weight excluding hydrogens is 388 g/mol. The van der Waals surface area contributed by atoms with Gasteiger partial charge in [0.25, 0.3) is 5.91 Å². The fraction of sp³-hybridized carbons (Fsp3) is 0.524. The molecule has 8 heteroatoms. The summed E-state index contributed by atoms with van der Waals surface area (Å²) >= 11 is 0. The van der Waals surface area contributed by atoms with Gasteiger partial charge in [0.05, 0.1) is 7.11 Å². The van der Waals surface area contributed by atoms with Crippen molar-refractivity contribution in [3.05, 3.63) is 42.5 Å². The summed E-state index contributed by atoms with van der Waals surface area (Å²) in [5.41, 5.74) is 0.910. The molecule has 0 N–H and O–H groups in total. The van der Waals surface area contributed by atoms with Crippen LogP contribution in [0.5, 0.6) is 5.75 Å². The van der Waals surface area contributed by atoms with Crippen LogP contribution in [0.25, 0.3) is 0 Å². The Kier molecular flexibility index (Phi) is 5.89. The van der Waals surface area contributed by atoms with E-state index in [0.29, 0.717) is 19.5 Å². The third-order valence-electron chi connectivity index (χ3n) is 5.33. The van der Waals surface area contributed by atoms with Gasteiger partial charge in [0.15, 0.2) is 20.1 Å². The number of amides is 2. The summed E-state index contributed by atoms with van der Waals surface area (Å²) in [4.78, 5) is 29.9. The minimum Gasteiger partial charge on any atom is -0.497 e. The molecule has 1 aromatic rings. The zero-order valence-electron chi connectivity index (χ0n) is 17.8. The van der Waals surface area contributed by atoms with Crippen LogP contribution in [0.2, 0.25) is 19.6 Å². The summed E-state index contributed by atoms with van der Waals surface area (Å²) in [6.07, 6.45) is 1.98. The lowest BCUT2D eigenvalue weighted by atomic mass is 9.83. The van der Waals surface area contributed by atoms with Crippen molar-refractivity contribution in [2.24, 2.45) is 0 Å². The van der Waals surface area contributed by atoms with Crippen LogP contribution >= 0.6 is 0 Å². The molecule has 29 heavy (non-hydrogen) atoms. The third-order valence-corrected chi connectivity index (χ3v) is 6.29. The van der Waals surface area contributed by atoms with Crippen molar-refractivity contribution in [1.82, 2.24) is 9.80 Å². The minimum absolute atomic E-state index is 0.0841. The summed E-state index contributed by atoms with van der Waals surface area (Å²) in [5, 5.41) is 0. The summed E-state index contributed by atoms with van der Waals surface area (Å²) in [6.45, 7) is 10.5. The molecule has 3 heterocycles. The number of hydrogen-bond acceptors (Lipinski definition) is 5. The first-order valence-corrected chi connectivity index (χ1v) is 13.2. The van der Waals surface area contributed by atoms with Crippen LogP contribution in [0.3, 0.4) is 0 Å². The van der Waals surface area contributed by atoms with Crippen LogP contribution in [0.1, 0.15) is 12.0 Å². The van der Waals surface area contributed by atoms with Crippen molar-refractivity contribution in [3.8, 4) is 5.75 Å². The maximum Gasteiger partial charge on any atom is 0.251 e. The fourth-order valence-corrected chi connectivity index (χ4v) is 5.52. The summed E-state index contributed by atoms with van der Waals surface area (Å²) < 4.78 is 17.5. The van der Waals surface area contributed by atoms with Gasteiger partial charge in [-0.25, -0.2) is 0 Å². The molecule has 3 atom stereocenters. The summed E-state index contributed by atoms with van der Waals surface area (Å²) in [5.74, 6) is -0.639. The molecule has 7 nitrogen and oxygen atoms in total. The molecule has 0 aliphatic carbocycles. The first kappa shape index (κ1) is 21.5. The Morgan fingerprint density at radius 3 is 2.31 bits per heavy atom. The van der Waals surface area contributed by atoms with E-state index < -0.39 is 26.2 Å². The predicted molar refractivity (Wildman–Crippen MR) is 112 cm³/mol. The molecule has 4 rings (SSSR count). The highest BCUT2D eigenvalue weighted by atomic mass is 28.4. The van der Waals surface area contributed by atoms with Gasteiger partial charge in [-0.3, -0.25) is 9.59 Å². The highest BCUT2D eigenvalue weighted by Crippen LogP contribution is 2.43. The van der Waals surface area contributed by atoms with Gasteiger partial charge in [-0.1, -0.05) is 18.2 Å². The number of piperidine rings is 2. The van der Waals surface area contributed by atoms with Crippen molar-refractivity contribution in [1.29, 1.82) is 0 Å². The van der Waals surface area contributed by atoms with E-state index >= 15 is 0 Å². The molecular formula is C21H30N2O5Si. The van der Waals surface area contributed by atoms with Crippen LogP contribution in [0, 0.1) is 0 Å². The van der Waals surface area contributed by atoms with Gasteiger partial charge in [0.1, 0.15) is 11.8 Å². The van der Waals surface area contributed by atoms with E-state index in [4.69, 9.17) is 13.9 Å². The zero-order chi connectivity index (χ0) is 21.4. The quantitative estimate of drug-likeness (QED) is 0.368. The molecule has 158 valence electrons. The number of fused-ring (bicyclic) bond motifs is 3. The molecule has 0 saturated carbocycles. The highest BCUT2D eigenvalue weighted by Gasteiger charge is 2.64. The molecule has 0 aromatic heterocycles. The Balaban J connectivity index is 2.00. The lowest BCUT2D eigenvalue weighted by molar-refractivity contribution is -0.256. The molecule has 3 saturated heterocycles. The second kappa shape index (κ2) is 7.93. The fourth-order valence-electron chi connectivity index (χ4n) is 4.21. The van der Waals surface area contributed by atoms with Gasteiger partial charge >= 0.3 is 0 Å². The van der Waals surface area contributed by atoms with E-state index in [-0.39, 0.29) is 11.8 Å². The highest BCUT2D eigenvalue weighted by molar-refractivity contribution is 6.69. The van der Waals surface area contributed by atoms with Gasteiger partial charge < -0.3 is 23.7 Å². The van der Waals surface area contributed by atoms with Gasteiger partial charge in [-0.2, -0.15) is 0 Å². The average Bonchev–Trinajstić information content (AvgIpc) is 2.67. The van der Waals surface area contributed by atoms with E-state index in [1.54, 1.807) is 30.1 Å². The standard InChI is InChI=1S/C21H30N2O5Si/c1-7-12-22-17-13-21(27-3,28-29(4,5)6)18(20(22)25)23(19(17)24)14-15-8-10-16(26-2)11-9-15/h7-11,17-18H,1,12-14H2,2-6H3/t17-,18+,21+/m0/s1. The van der Waals surface area contributed by atoms with Crippen molar-refractivity contribution in [2.45, 2.75) is 50.5 Å². The molecule has 3 aliphatic rings. The van der Waals surface area contributed by atoms with E-state index in [1.807, 2.05) is 24.3 Å². The van der Waals surface area contributed by atoms with Crippen LogP contribution < -0.4 is 4.74 Å². The van der Waals surface area contributed by atoms with Crippen LogP contribution in [0.4, 0.5) is 0 Å². The topological polar surface area (TPSA) is 68.3 Å². The SMILES string of the molecule is C=CCN1C(=O)[C@H]2N(Cc3ccc(OC)cc3)C(=O)[C@@H]1C[C@@]2(OC)O[Si](C)(C)C. The molecule has 3 fully saturated rings. The number of rotatable bonds is 8.